The molecule has 0 spiro atoms. The van der Waals surface area contributed by atoms with Crippen molar-refractivity contribution in [2.24, 2.45) is 0 Å². The van der Waals surface area contributed by atoms with Crippen LogP contribution in [0.25, 0.3) is 0 Å². The van der Waals surface area contributed by atoms with E-state index in [1.54, 1.807) is 14.1 Å². The van der Waals surface area contributed by atoms with Gasteiger partial charge in [0.15, 0.2) is 0 Å². The summed E-state index contributed by atoms with van der Waals surface area (Å²) in [5.74, 6) is -6.99. The molecular weight excluding hydrogens is 952 g/mol. The summed E-state index contributed by atoms with van der Waals surface area (Å²) in [6.07, 6.45) is 8.52. The molecular formula is C40H55N11O16P2. The van der Waals surface area contributed by atoms with Gasteiger partial charge in [-0.25, -0.2) is 32.8 Å². The monoisotopic (exact) mass is 1010 g/mol. The molecule has 0 unspecified atom stereocenters. The third-order valence-corrected chi connectivity index (χ3v) is 17.9. The number of amides is 10. The SMILES string of the molecule is CN(CCC(=O)O)P(=O)(N(C)CCN1C(=O)C=CC1=O)N(C)CCN1C(=O)C=CC1=O.CN(CCC(=O)ON1C(=O)CCC1=O)P(=O)(N(C)CCN1C(=O)C=CC1=O)N(C)CCN1C(=O)C=CC1=O. The highest BCUT2D eigenvalue weighted by molar-refractivity contribution is 7.56. The second-order valence-electron chi connectivity index (χ2n) is 15.9. The first-order chi connectivity index (χ1) is 32.3. The molecule has 5 aliphatic heterocycles. The van der Waals surface area contributed by atoms with Crippen molar-refractivity contribution in [1.29, 1.82) is 0 Å². The van der Waals surface area contributed by atoms with Crippen LogP contribution in [0, 0.1) is 0 Å². The molecule has 5 heterocycles. The number of aliphatic carboxylic acids is 1. The third kappa shape index (κ3) is 13.3. The molecule has 10 amide bonds. The van der Waals surface area contributed by atoms with Crippen molar-refractivity contribution in [3.8, 4) is 0 Å². The Hall–Kier alpha value is -6.18. The van der Waals surface area contributed by atoms with E-state index in [0.29, 0.717) is 5.06 Å². The maximum absolute atomic E-state index is 14.4. The highest BCUT2D eigenvalue weighted by Crippen LogP contribution is 2.54. The maximum atomic E-state index is 14.4. The average Bonchev–Trinajstić information content (AvgIpc) is 4.09. The average molecular weight is 1010 g/mol. The summed E-state index contributed by atoms with van der Waals surface area (Å²) in [4.78, 5) is 150. The fraction of sp³-hybridized carbons (Fsp3) is 0.500. The fourth-order valence-electron chi connectivity index (χ4n) is 7.25. The summed E-state index contributed by atoms with van der Waals surface area (Å²) < 4.78 is 37.0. The lowest BCUT2D eigenvalue weighted by Crippen LogP contribution is -2.44. The van der Waals surface area contributed by atoms with E-state index in [4.69, 9.17) is 9.94 Å². The van der Waals surface area contributed by atoms with Gasteiger partial charge < -0.3 is 9.94 Å². The minimum absolute atomic E-state index is 0.00121. The zero-order valence-corrected chi connectivity index (χ0v) is 40.7. The van der Waals surface area contributed by atoms with Crippen LogP contribution < -0.4 is 0 Å². The summed E-state index contributed by atoms with van der Waals surface area (Å²) in [6, 6.07) is 0. The van der Waals surface area contributed by atoms with Gasteiger partial charge in [0.1, 0.15) is 0 Å². The molecule has 5 aliphatic rings. The van der Waals surface area contributed by atoms with Gasteiger partial charge in [-0.3, -0.25) is 81.5 Å². The molecule has 27 nitrogen and oxygen atoms in total. The second-order valence-corrected chi connectivity index (χ2v) is 22.0. The van der Waals surface area contributed by atoms with Crippen molar-refractivity contribution in [2.75, 3.05) is 108 Å². The van der Waals surface area contributed by atoms with Crippen LogP contribution in [0.3, 0.4) is 0 Å². The third-order valence-electron chi connectivity index (χ3n) is 11.3. The summed E-state index contributed by atoms with van der Waals surface area (Å²) in [6.45, 7) is -0.0891. The van der Waals surface area contributed by atoms with Crippen LogP contribution in [0.5, 0.6) is 0 Å². The van der Waals surface area contributed by atoms with Crippen LogP contribution in [0.4, 0.5) is 0 Å². The normalized spacial score (nSPS) is 17.5. The molecule has 0 aromatic heterocycles. The number of hydrogen-bond acceptors (Lipinski definition) is 15. The Labute approximate surface area is 396 Å². The largest absolute Gasteiger partial charge is 0.481 e. The molecule has 0 atom stereocenters. The number of rotatable bonds is 25. The van der Waals surface area contributed by atoms with Crippen molar-refractivity contribution in [1.82, 2.24) is 52.7 Å². The highest BCUT2D eigenvalue weighted by Gasteiger charge is 2.41. The van der Waals surface area contributed by atoms with Gasteiger partial charge in [-0.05, 0) is 42.3 Å². The fourth-order valence-corrected chi connectivity index (χ4v) is 12.5. The summed E-state index contributed by atoms with van der Waals surface area (Å²) >= 11 is 0. The first-order valence-electron chi connectivity index (χ1n) is 21.3. The summed E-state index contributed by atoms with van der Waals surface area (Å²) in [5, 5.41) is 9.42. The van der Waals surface area contributed by atoms with Gasteiger partial charge in [-0.2, -0.15) is 0 Å². The molecule has 0 radical (unpaired) electrons. The molecule has 0 saturated carbocycles. The number of carboxylic acids is 1. The van der Waals surface area contributed by atoms with E-state index in [2.05, 4.69) is 0 Å². The van der Waals surface area contributed by atoms with Gasteiger partial charge in [0.2, 0.25) is 0 Å². The van der Waals surface area contributed by atoms with E-state index in [1.807, 2.05) is 0 Å². The zero-order chi connectivity index (χ0) is 51.5. The second kappa shape index (κ2) is 23.9. The summed E-state index contributed by atoms with van der Waals surface area (Å²) in [7, 11) is 1.87. The smallest absolute Gasteiger partial charge is 0.334 e. The molecule has 69 heavy (non-hydrogen) atoms. The Bertz CT molecular complexity index is 2170. The first kappa shape index (κ1) is 55.4. The van der Waals surface area contributed by atoms with Gasteiger partial charge in [-0.1, -0.05) is 0 Å². The molecule has 29 heteroatoms. The van der Waals surface area contributed by atoms with E-state index in [-0.39, 0.29) is 91.1 Å². The van der Waals surface area contributed by atoms with Crippen molar-refractivity contribution in [2.45, 2.75) is 25.7 Å². The van der Waals surface area contributed by atoms with E-state index in [9.17, 15) is 66.7 Å². The van der Waals surface area contributed by atoms with Crippen LogP contribution in [-0.4, -0.2) is 237 Å². The Morgan fingerprint density at radius 1 is 0.449 bits per heavy atom. The van der Waals surface area contributed by atoms with Crippen molar-refractivity contribution < 1.29 is 76.6 Å². The molecule has 376 valence electrons. The lowest BCUT2D eigenvalue weighted by molar-refractivity contribution is -0.197. The lowest BCUT2D eigenvalue weighted by atomic mass is 10.4. The number of carbonyl (C=O) groups is 12. The van der Waals surface area contributed by atoms with Gasteiger partial charge in [0, 0.05) is 127 Å². The molecule has 5 rings (SSSR count). The van der Waals surface area contributed by atoms with E-state index in [0.717, 1.165) is 68.2 Å². The Balaban J connectivity index is 0.000000307. The number of hydrogen-bond donors (Lipinski definition) is 1. The van der Waals surface area contributed by atoms with Crippen molar-refractivity contribution in [3.63, 3.8) is 0 Å². The van der Waals surface area contributed by atoms with Gasteiger partial charge in [-0.15, -0.1) is 5.06 Å². The molecule has 1 fully saturated rings. The van der Waals surface area contributed by atoms with E-state index < -0.39 is 86.2 Å². The van der Waals surface area contributed by atoms with Crippen LogP contribution in [0.15, 0.2) is 48.6 Å². The van der Waals surface area contributed by atoms with Gasteiger partial charge in [0.05, 0.1) is 12.8 Å². The first-order valence-corrected chi connectivity index (χ1v) is 24.4. The number of likely N-dealkylation sites (N-methyl/N-ethyl adjacent to an activating group) is 4. The predicted octanol–water partition coefficient (Wildman–Crippen LogP) is -2.05. The number of nitrogens with zero attached hydrogens (tertiary/aromatic N) is 11. The standard InChI is InChI=1S/C22H29N6O9P.C18H26N5O7P/c1-23(11-10-22(35)37-28-20(33)8-9-21(28)34)38(36,24(2)12-14-26-16(29)4-5-17(26)30)25(3)13-15-27-18(31)6-7-19(27)32;1-19(9-8-18(28)29)31(30,20(2)10-12-22-14(24)4-5-15(22)25)21(3)11-13-23-16(26)6-7-17(23)27/h4-7H,8-15H2,1-3H3;4-7H,8-13H2,1-3H3,(H,28,29). The van der Waals surface area contributed by atoms with Crippen LogP contribution in [0.2, 0.25) is 0 Å². The quantitative estimate of drug-likeness (QED) is 0.0760. The molecule has 0 aliphatic carbocycles. The molecule has 1 N–H and O–H groups in total. The Morgan fingerprint density at radius 2 is 0.681 bits per heavy atom. The minimum Gasteiger partial charge on any atom is -0.481 e. The maximum Gasteiger partial charge on any atom is 0.334 e. The lowest BCUT2D eigenvalue weighted by Gasteiger charge is -2.41. The van der Waals surface area contributed by atoms with Crippen LogP contribution >= 0.6 is 15.2 Å². The molecule has 1 saturated heterocycles. The summed E-state index contributed by atoms with van der Waals surface area (Å²) in [5.41, 5.74) is 0. The minimum atomic E-state index is -3.70. The van der Waals surface area contributed by atoms with Gasteiger partial charge in [0.25, 0.3) is 74.3 Å². The van der Waals surface area contributed by atoms with Crippen molar-refractivity contribution >= 4 is 86.2 Å². The topological polar surface area (TPSA) is 304 Å². The molecule has 0 bridgehead atoms. The Kier molecular flexibility index (Phi) is 19.2. The van der Waals surface area contributed by atoms with Gasteiger partial charge >= 0.3 is 11.9 Å². The van der Waals surface area contributed by atoms with E-state index in [1.165, 1.54) is 56.2 Å². The van der Waals surface area contributed by atoms with Crippen molar-refractivity contribution in [3.05, 3.63) is 48.6 Å². The Morgan fingerprint density at radius 3 is 0.928 bits per heavy atom. The molecule has 0 aromatic carbocycles. The number of hydroxylamine groups is 2. The zero-order valence-electron chi connectivity index (χ0n) is 38.9. The van der Waals surface area contributed by atoms with E-state index >= 15 is 0 Å². The predicted molar refractivity (Wildman–Crippen MR) is 238 cm³/mol. The highest BCUT2D eigenvalue weighted by atomic mass is 31.2. The molecule has 0 aromatic rings. The number of imide groups is 5. The number of carbonyl (C=O) groups excluding carboxylic acids is 11. The van der Waals surface area contributed by atoms with Crippen LogP contribution in [-0.2, 0) is 71.5 Å². The van der Waals surface area contributed by atoms with Crippen LogP contribution in [0.1, 0.15) is 25.7 Å². The number of carboxylic acid groups (broad SMARTS) is 1.